The number of aryl methyl sites for hydroxylation is 3. The van der Waals surface area contributed by atoms with Gasteiger partial charge in [0.2, 0.25) is 0 Å². The van der Waals surface area contributed by atoms with E-state index in [-0.39, 0.29) is 0 Å². The number of benzene rings is 1. The average molecular weight is 287 g/mol. The fourth-order valence-electron chi connectivity index (χ4n) is 2.84. The molecule has 0 saturated carbocycles. The normalized spacial score (nSPS) is 15.7. The van der Waals surface area contributed by atoms with E-state index in [1.165, 1.54) is 30.6 Å². The topological polar surface area (TPSA) is 32.3 Å². The van der Waals surface area contributed by atoms with Gasteiger partial charge in [0.25, 0.3) is 0 Å². The number of rotatable bonds is 3. The van der Waals surface area contributed by atoms with Gasteiger partial charge in [0.05, 0.1) is 6.04 Å². The highest BCUT2D eigenvalue weighted by molar-refractivity contribution is 7.12. The third-order valence-corrected chi connectivity index (χ3v) is 5.44. The minimum Gasteiger partial charge on any atom is -0.508 e. The SMILES string of the molecule is Cc1cc(O)ccc1NC(C)c1cc2c(s1)CCCC2. The van der Waals surface area contributed by atoms with Crippen LogP contribution in [0.5, 0.6) is 5.75 Å². The molecule has 1 aliphatic carbocycles. The van der Waals surface area contributed by atoms with Crippen LogP contribution in [0.2, 0.25) is 0 Å². The van der Waals surface area contributed by atoms with Gasteiger partial charge in [-0.15, -0.1) is 11.3 Å². The van der Waals surface area contributed by atoms with Crippen molar-refractivity contribution in [3.05, 3.63) is 45.1 Å². The van der Waals surface area contributed by atoms with Crippen molar-refractivity contribution in [3.8, 4) is 5.75 Å². The first-order valence-electron chi connectivity index (χ1n) is 7.31. The molecule has 0 bridgehead atoms. The fraction of sp³-hybridized carbons (Fsp3) is 0.412. The minimum absolute atomic E-state index is 0.314. The van der Waals surface area contributed by atoms with Gasteiger partial charge in [-0.25, -0.2) is 0 Å². The average Bonchev–Trinajstić information content (AvgIpc) is 2.86. The molecule has 0 amide bonds. The molecule has 2 nitrogen and oxygen atoms in total. The zero-order valence-electron chi connectivity index (χ0n) is 12.1. The standard InChI is InChI=1S/C17H21NOS/c1-11-9-14(19)7-8-15(11)18-12(2)17-10-13-5-3-4-6-16(13)20-17/h7-10,12,18-19H,3-6H2,1-2H3. The van der Waals surface area contributed by atoms with E-state index >= 15 is 0 Å². The van der Waals surface area contributed by atoms with E-state index in [2.05, 4.69) is 18.3 Å². The minimum atomic E-state index is 0.314. The summed E-state index contributed by atoms with van der Waals surface area (Å²) in [5.41, 5.74) is 3.74. The van der Waals surface area contributed by atoms with E-state index in [1.807, 2.05) is 24.3 Å². The lowest BCUT2D eigenvalue weighted by molar-refractivity contribution is 0.475. The van der Waals surface area contributed by atoms with Gasteiger partial charge in [-0.2, -0.15) is 0 Å². The first-order valence-corrected chi connectivity index (χ1v) is 8.13. The molecule has 106 valence electrons. The van der Waals surface area contributed by atoms with Crippen LogP contribution in [0.3, 0.4) is 0 Å². The third kappa shape index (κ3) is 2.68. The Morgan fingerprint density at radius 2 is 2.00 bits per heavy atom. The van der Waals surface area contributed by atoms with Crippen molar-refractivity contribution in [2.24, 2.45) is 0 Å². The van der Waals surface area contributed by atoms with Crippen molar-refractivity contribution in [1.82, 2.24) is 0 Å². The van der Waals surface area contributed by atoms with Gasteiger partial charge in [-0.05, 0) is 74.9 Å². The predicted molar refractivity (Wildman–Crippen MR) is 85.8 cm³/mol. The van der Waals surface area contributed by atoms with Crippen LogP contribution in [0.1, 0.15) is 46.7 Å². The highest BCUT2D eigenvalue weighted by atomic mass is 32.1. The Morgan fingerprint density at radius 3 is 2.75 bits per heavy atom. The predicted octanol–water partition coefficient (Wildman–Crippen LogP) is 4.81. The van der Waals surface area contributed by atoms with Crippen LogP contribution in [-0.2, 0) is 12.8 Å². The van der Waals surface area contributed by atoms with Crippen molar-refractivity contribution in [3.63, 3.8) is 0 Å². The Labute approximate surface area is 124 Å². The number of phenols is 1. The molecule has 2 aromatic rings. The zero-order chi connectivity index (χ0) is 14.1. The molecule has 0 fully saturated rings. The Hall–Kier alpha value is -1.48. The summed E-state index contributed by atoms with van der Waals surface area (Å²) >= 11 is 1.96. The van der Waals surface area contributed by atoms with Crippen molar-refractivity contribution in [2.75, 3.05) is 5.32 Å². The highest BCUT2D eigenvalue weighted by Crippen LogP contribution is 2.34. The van der Waals surface area contributed by atoms with Gasteiger partial charge in [-0.1, -0.05) is 0 Å². The summed E-state index contributed by atoms with van der Waals surface area (Å²) in [5, 5.41) is 13.0. The van der Waals surface area contributed by atoms with E-state index < -0.39 is 0 Å². The van der Waals surface area contributed by atoms with E-state index in [0.717, 1.165) is 11.3 Å². The number of nitrogens with one attached hydrogen (secondary N) is 1. The van der Waals surface area contributed by atoms with Crippen LogP contribution in [0, 0.1) is 6.92 Å². The van der Waals surface area contributed by atoms with E-state index in [0.29, 0.717) is 11.8 Å². The smallest absolute Gasteiger partial charge is 0.115 e. The number of thiophene rings is 1. The Bertz CT molecular complexity index is 594. The molecule has 1 aliphatic rings. The van der Waals surface area contributed by atoms with E-state index in [4.69, 9.17) is 0 Å². The number of fused-ring (bicyclic) bond motifs is 1. The van der Waals surface area contributed by atoms with Crippen LogP contribution in [-0.4, -0.2) is 5.11 Å². The molecule has 0 spiro atoms. The van der Waals surface area contributed by atoms with Gasteiger partial charge >= 0.3 is 0 Å². The monoisotopic (exact) mass is 287 g/mol. The van der Waals surface area contributed by atoms with Crippen LogP contribution >= 0.6 is 11.3 Å². The van der Waals surface area contributed by atoms with Crippen molar-refractivity contribution in [1.29, 1.82) is 0 Å². The molecule has 0 saturated heterocycles. The summed E-state index contributed by atoms with van der Waals surface area (Å²) in [6, 6.07) is 8.19. The zero-order valence-corrected chi connectivity index (χ0v) is 12.9. The molecule has 20 heavy (non-hydrogen) atoms. The van der Waals surface area contributed by atoms with Crippen LogP contribution in [0.15, 0.2) is 24.3 Å². The summed E-state index contributed by atoms with van der Waals surface area (Å²) in [4.78, 5) is 3.01. The fourth-order valence-corrected chi connectivity index (χ4v) is 4.10. The number of phenolic OH excluding ortho intramolecular Hbond substituents is 1. The van der Waals surface area contributed by atoms with Gasteiger partial charge in [0.15, 0.2) is 0 Å². The molecule has 0 radical (unpaired) electrons. The van der Waals surface area contributed by atoms with Crippen molar-refractivity contribution < 1.29 is 5.11 Å². The molecular formula is C17H21NOS. The molecule has 1 heterocycles. The second-order valence-electron chi connectivity index (χ2n) is 5.67. The van der Waals surface area contributed by atoms with Gasteiger partial charge in [-0.3, -0.25) is 0 Å². The molecule has 1 aromatic heterocycles. The van der Waals surface area contributed by atoms with Gasteiger partial charge in [0, 0.05) is 15.4 Å². The first-order chi connectivity index (χ1) is 9.63. The summed E-state index contributed by atoms with van der Waals surface area (Å²) < 4.78 is 0. The summed E-state index contributed by atoms with van der Waals surface area (Å²) in [6.07, 6.45) is 5.18. The summed E-state index contributed by atoms with van der Waals surface area (Å²) in [5.74, 6) is 0.326. The number of hydrogen-bond donors (Lipinski definition) is 2. The molecule has 1 atom stereocenters. The number of anilines is 1. The second-order valence-corrected chi connectivity index (χ2v) is 6.84. The lowest BCUT2D eigenvalue weighted by atomic mass is 9.99. The maximum Gasteiger partial charge on any atom is 0.115 e. The van der Waals surface area contributed by atoms with Crippen LogP contribution in [0.4, 0.5) is 5.69 Å². The lowest BCUT2D eigenvalue weighted by Gasteiger charge is -2.16. The number of aromatic hydroxyl groups is 1. The molecule has 3 rings (SSSR count). The summed E-state index contributed by atoms with van der Waals surface area (Å²) in [7, 11) is 0. The molecule has 2 N–H and O–H groups in total. The summed E-state index contributed by atoms with van der Waals surface area (Å²) in [6.45, 7) is 4.23. The van der Waals surface area contributed by atoms with Crippen LogP contribution in [0.25, 0.3) is 0 Å². The quantitative estimate of drug-likeness (QED) is 0.794. The van der Waals surface area contributed by atoms with Crippen molar-refractivity contribution in [2.45, 2.75) is 45.6 Å². The maximum atomic E-state index is 9.47. The van der Waals surface area contributed by atoms with Crippen LogP contribution < -0.4 is 5.32 Å². The maximum absolute atomic E-state index is 9.47. The third-order valence-electron chi connectivity index (χ3n) is 4.02. The molecular weight excluding hydrogens is 266 g/mol. The first kappa shape index (κ1) is 13.5. The molecule has 0 aliphatic heterocycles. The molecule has 1 aromatic carbocycles. The van der Waals surface area contributed by atoms with Crippen molar-refractivity contribution >= 4 is 17.0 Å². The Kier molecular flexibility index (Phi) is 3.70. The molecule has 3 heteroatoms. The second kappa shape index (κ2) is 5.49. The Balaban J connectivity index is 1.78. The van der Waals surface area contributed by atoms with Gasteiger partial charge < -0.3 is 10.4 Å². The van der Waals surface area contributed by atoms with E-state index in [1.54, 1.807) is 22.6 Å². The largest absolute Gasteiger partial charge is 0.508 e. The van der Waals surface area contributed by atoms with E-state index in [9.17, 15) is 5.11 Å². The number of hydrogen-bond acceptors (Lipinski definition) is 3. The molecule has 1 unspecified atom stereocenters. The lowest BCUT2D eigenvalue weighted by Crippen LogP contribution is -2.05. The van der Waals surface area contributed by atoms with Gasteiger partial charge in [0.1, 0.15) is 5.75 Å². The highest BCUT2D eigenvalue weighted by Gasteiger charge is 2.16. The Morgan fingerprint density at radius 1 is 1.20 bits per heavy atom.